The third kappa shape index (κ3) is 2.99. The van der Waals surface area contributed by atoms with Crippen LogP contribution in [-0.2, 0) is 4.79 Å². The summed E-state index contributed by atoms with van der Waals surface area (Å²) < 4.78 is 10.2. The molecule has 5 nitrogen and oxygen atoms in total. The number of hydroxylamine groups is 1. The maximum absolute atomic E-state index is 10.8. The quantitative estimate of drug-likeness (QED) is 0.457. The van der Waals surface area contributed by atoms with Crippen molar-refractivity contribution in [3.8, 4) is 11.5 Å². The molecule has 1 aromatic carbocycles. The third-order valence-corrected chi connectivity index (χ3v) is 1.94. The molecule has 0 saturated carbocycles. The highest BCUT2D eigenvalue weighted by Gasteiger charge is 2.02. The van der Waals surface area contributed by atoms with Crippen LogP contribution in [0.5, 0.6) is 11.5 Å². The number of rotatable bonds is 4. The van der Waals surface area contributed by atoms with Crippen LogP contribution in [0.4, 0.5) is 0 Å². The van der Waals surface area contributed by atoms with Crippen LogP contribution in [0.25, 0.3) is 6.08 Å². The summed E-state index contributed by atoms with van der Waals surface area (Å²) in [5.41, 5.74) is 2.27. The molecule has 0 aliphatic rings. The third-order valence-electron chi connectivity index (χ3n) is 1.94. The Balaban J connectivity index is 2.91. The topological polar surface area (TPSA) is 67.8 Å². The van der Waals surface area contributed by atoms with Crippen LogP contribution in [-0.4, -0.2) is 25.3 Å². The van der Waals surface area contributed by atoms with Crippen LogP contribution in [0.15, 0.2) is 24.3 Å². The van der Waals surface area contributed by atoms with Gasteiger partial charge in [-0.3, -0.25) is 10.0 Å². The molecule has 1 rings (SSSR count). The zero-order chi connectivity index (χ0) is 12.0. The fourth-order valence-corrected chi connectivity index (χ4v) is 1.17. The Kier molecular flexibility index (Phi) is 4.35. The van der Waals surface area contributed by atoms with Gasteiger partial charge in [0.25, 0.3) is 5.91 Å². The first-order valence-electron chi connectivity index (χ1n) is 4.55. The molecular weight excluding hydrogens is 210 g/mol. The second-order valence-corrected chi connectivity index (χ2v) is 2.92. The lowest BCUT2D eigenvalue weighted by atomic mass is 10.2. The van der Waals surface area contributed by atoms with Crippen molar-refractivity contribution >= 4 is 12.0 Å². The van der Waals surface area contributed by atoms with Gasteiger partial charge in [-0.1, -0.05) is 6.07 Å². The van der Waals surface area contributed by atoms with E-state index in [0.717, 1.165) is 5.56 Å². The highest BCUT2D eigenvalue weighted by Crippen LogP contribution is 2.27. The Hall–Kier alpha value is -2.01. The molecular formula is C11H13NO4. The molecule has 0 atom stereocenters. The van der Waals surface area contributed by atoms with Crippen molar-refractivity contribution in [3.63, 3.8) is 0 Å². The number of carbonyl (C=O) groups excluding carboxylic acids is 1. The predicted molar refractivity (Wildman–Crippen MR) is 58.5 cm³/mol. The molecule has 0 aromatic heterocycles. The lowest BCUT2D eigenvalue weighted by molar-refractivity contribution is -0.124. The van der Waals surface area contributed by atoms with Crippen LogP contribution < -0.4 is 15.0 Å². The fourth-order valence-electron chi connectivity index (χ4n) is 1.17. The second-order valence-electron chi connectivity index (χ2n) is 2.92. The Bertz CT molecular complexity index is 401. The van der Waals surface area contributed by atoms with E-state index in [1.165, 1.54) is 18.7 Å². The van der Waals surface area contributed by atoms with Crippen molar-refractivity contribution in [2.24, 2.45) is 0 Å². The molecule has 1 amide bonds. The highest BCUT2D eigenvalue weighted by molar-refractivity contribution is 5.90. The zero-order valence-electron chi connectivity index (χ0n) is 9.06. The van der Waals surface area contributed by atoms with Crippen molar-refractivity contribution in [1.29, 1.82) is 0 Å². The van der Waals surface area contributed by atoms with Crippen molar-refractivity contribution in [2.45, 2.75) is 0 Å². The standard InChI is InChI=1S/C11H13NO4/c1-15-9-5-3-8(7-10(9)16-2)4-6-11(13)12-14/h3-7,14H,1-2H3,(H,12,13). The van der Waals surface area contributed by atoms with E-state index in [0.29, 0.717) is 11.5 Å². The van der Waals surface area contributed by atoms with Gasteiger partial charge in [0.15, 0.2) is 11.5 Å². The van der Waals surface area contributed by atoms with E-state index in [1.807, 2.05) is 0 Å². The molecule has 5 heteroatoms. The van der Waals surface area contributed by atoms with Gasteiger partial charge in [0, 0.05) is 6.08 Å². The van der Waals surface area contributed by atoms with Crippen molar-refractivity contribution in [3.05, 3.63) is 29.8 Å². The van der Waals surface area contributed by atoms with Gasteiger partial charge in [-0.25, -0.2) is 5.48 Å². The van der Waals surface area contributed by atoms with Gasteiger partial charge in [-0.15, -0.1) is 0 Å². The van der Waals surface area contributed by atoms with E-state index in [-0.39, 0.29) is 0 Å². The van der Waals surface area contributed by atoms with Crippen LogP contribution in [0, 0.1) is 0 Å². The minimum Gasteiger partial charge on any atom is -0.493 e. The minimum atomic E-state index is -0.588. The number of amides is 1. The molecule has 0 heterocycles. The minimum absolute atomic E-state index is 0.578. The van der Waals surface area contributed by atoms with Gasteiger partial charge < -0.3 is 9.47 Å². The van der Waals surface area contributed by atoms with Gasteiger partial charge in [0.05, 0.1) is 14.2 Å². The number of methoxy groups -OCH3 is 2. The summed E-state index contributed by atoms with van der Waals surface area (Å²) in [6.07, 6.45) is 2.76. The molecule has 0 radical (unpaired) electrons. The van der Waals surface area contributed by atoms with Gasteiger partial charge in [0.1, 0.15) is 0 Å². The van der Waals surface area contributed by atoms with E-state index in [2.05, 4.69) is 0 Å². The smallest absolute Gasteiger partial charge is 0.267 e. The summed E-state index contributed by atoms with van der Waals surface area (Å²) in [6, 6.07) is 5.22. The van der Waals surface area contributed by atoms with Gasteiger partial charge in [0.2, 0.25) is 0 Å². The molecule has 2 N–H and O–H groups in total. The summed E-state index contributed by atoms with van der Waals surface area (Å²) >= 11 is 0. The average molecular weight is 223 g/mol. The van der Waals surface area contributed by atoms with Crippen LogP contribution in [0.1, 0.15) is 5.56 Å². The monoisotopic (exact) mass is 223 g/mol. The van der Waals surface area contributed by atoms with Gasteiger partial charge in [-0.05, 0) is 23.8 Å². The molecule has 0 aliphatic carbocycles. The maximum atomic E-state index is 10.8. The maximum Gasteiger partial charge on any atom is 0.267 e. The van der Waals surface area contributed by atoms with Crippen LogP contribution >= 0.6 is 0 Å². The summed E-state index contributed by atoms with van der Waals surface area (Å²) in [5, 5.41) is 8.30. The molecule has 1 aromatic rings. The number of benzene rings is 1. The SMILES string of the molecule is COc1ccc(C=CC(=O)NO)cc1OC. The molecule has 0 spiro atoms. The summed E-state index contributed by atoms with van der Waals surface area (Å²) in [5.74, 6) is 0.607. The number of ether oxygens (including phenoxy) is 2. The molecule has 16 heavy (non-hydrogen) atoms. The number of nitrogens with one attached hydrogen (secondary N) is 1. The Morgan fingerprint density at radius 2 is 2.00 bits per heavy atom. The fraction of sp³-hybridized carbons (Fsp3) is 0.182. The number of carbonyl (C=O) groups is 1. The van der Waals surface area contributed by atoms with E-state index < -0.39 is 5.91 Å². The van der Waals surface area contributed by atoms with Gasteiger partial charge in [-0.2, -0.15) is 0 Å². The zero-order valence-corrected chi connectivity index (χ0v) is 9.06. The average Bonchev–Trinajstić information content (AvgIpc) is 2.35. The lowest BCUT2D eigenvalue weighted by Crippen LogP contribution is -2.14. The van der Waals surface area contributed by atoms with Gasteiger partial charge >= 0.3 is 0 Å². The Morgan fingerprint density at radius 1 is 1.31 bits per heavy atom. The number of hydrogen-bond donors (Lipinski definition) is 2. The van der Waals surface area contributed by atoms with Crippen LogP contribution in [0.2, 0.25) is 0 Å². The largest absolute Gasteiger partial charge is 0.493 e. The Labute approximate surface area is 93.3 Å². The molecule has 0 saturated heterocycles. The summed E-state index contributed by atoms with van der Waals surface area (Å²) in [7, 11) is 3.08. The predicted octanol–water partition coefficient (Wildman–Crippen LogP) is 1.22. The van der Waals surface area contributed by atoms with E-state index in [4.69, 9.17) is 14.7 Å². The molecule has 0 fully saturated rings. The summed E-state index contributed by atoms with van der Waals surface area (Å²) in [4.78, 5) is 10.8. The van der Waals surface area contributed by atoms with E-state index in [1.54, 1.807) is 31.4 Å². The van der Waals surface area contributed by atoms with E-state index >= 15 is 0 Å². The normalized spacial score (nSPS) is 10.2. The molecule has 0 aliphatic heterocycles. The Morgan fingerprint density at radius 3 is 2.56 bits per heavy atom. The first-order chi connectivity index (χ1) is 7.71. The molecule has 0 bridgehead atoms. The number of hydrogen-bond acceptors (Lipinski definition) is 4. The lowest BCUT2D eigenvalue weighted by Gasteiger charge is -2.07. The van der Waals surface area contributed by atoms with Crippen LogP contribution in [0.3, 0.4) is 0 Å². The molecule has 0 unspecified atom stereocenters. The first-order valence-corrected chi connectivity index (χ1v) is 4.55. The first kappa shape index (κ1) is 12.1. The second kappa shape index (κ2) is 5.77. The molecule has 86 valence electrons. The highest BCUT2D eigenvalue weighted by atomic mass is 16.5. The van der Waals surface area contributed by atoms with Crippen molar-refractivity contribution in [2.75, 3.05) is 14.2 Å². The van der Waals surface area contributed by atoms with E-state index in [9.17, 15) is 4.79 Å². The summed E-state index contributed by atoms with van der Waals surface area (Å²) in [6.45, 7) is 0. The van der Waals surface area contributed by atoms with Crippen molar-refractivity contribution in [1.82, 2.24) is 5.48 Å². The van der Waals surface area contributed by atoms with Crippen molar-refractivity contribution < 1.29 is 19.5 Å².